The van der Waals surface area contributed by atoms with Gasteiger partial charge in [0.1, 0.15) is 0 Å². The third-order valence-corrected chi connectivity index (χ3v) is 4.67. The molecule has 0 unspecified atom stereocenters. The van der Waals surface area contributed by atoms with E-state index >= 15 is 0 Å². The van der Waals surface area contributed by atoms with Crippen LogP contribution in [-0.4, -0.2) is 15.7 Å². The highest BCUT2D eigenvalue weighted by molar-refractivity contribution is 7.12. The van der Waals surface area contributed by atoms with Gasteiger partial charge >= 0.3 is 0 Å². The fourth-order valence-electron chi connectivity index (χ4n) is 2.51. The van der Waals surface area contributed by atoms with Crippen LogP contribution >= 0.6 is 11.3 Å². The molecule has 0 fully saturated rings. The van der Waals surface area contributed by atoms with Gasteiger partial charge in [-0.05, 0) is 51.1 Å². The number of thiophene rings is 1. The third-order valence-electron chi connectivity index (χ3n) is 3.70. The van der Waals surface area contributed by atoms with Gasteiger partial charge < -0.3 is 5.32 Å². The van der Waals surface area contributed by atoms with Crippen molar-refractivity contribution in [2.75, 3.05) is 5.32 Å². The van der Waals surface area contributed by atoms with Gasteiger partial charge in [-0.3, -0.25) is 4.79 Å². The monoisotopic (exact) mass is 337 g/mol. The number of hydrogen-bond donors (Lipinski definition) is 1. The molecule has 122 valence electrons. The van der Waals surface area contributed by atoms with E-state index in [1.165, 1.54) is 4.88 Å². The summed E-state index contributed by atoms with van der Waals surface area (Å²) in [5.41, 5.74) is 3.44. The molecule has 24 heavy (non-hydrogen) atoms. The van der Waals surface area contributed by atoms with E-state index in [4.69, 9.17) is 0 Å². The Morgan fingerprint density at radius 3 is 2.54 bits per heavy atom. The zero-order valence-electron chi connectivity index (χ0n) is 13.9. The Kier molecular flexibility index (Phi) is 4.62. The van der Waals surface area contributed by atoms with Crippen LogP contribution < -0.4 is 5.32 Å². The molecule has 1 aromatic carbocycles. The molecule has 0 atom stereocenters. The van der Waals surface area contributed by atoms with Gasteiger partial charge in [-0.15, -0.1) is 11.3 Å². The fourth-order valence-corrected chi connectivity index (χ4v) is 3.29. The molecule has 1 N–H and O–H groups in total. The Bertz CT molecular complexity index is 891. The molecule has 0 bridgehead atoms. The molecule has 3 rings (SSSR count). The lowest BCUT2D eigenvalue weighted by atomic mass is 10.3. The first-order valence-electron chi connectivity index (χ1n) is 7.72. The number of hydrogen-bond acceptors (Lipinski definition) is 3. The van der Waals surface area contributed by atoms with Crippen molar-refractivity contribution in [2.45, 2.75) is 20.8 Å². The molecule has 0 aliphatic heterocycles. The Balaban J connectivity index is 1.79. The molecule has 3 aromatic rings. The summed E-state index contributed by atoms with van der Waals surface area (Å²) in [6, 6.07) is 13.9. The van der Waals surface area contributed by atoms with Gasteiger partial charge in [0.25, 0.3) is 0 Å². The van der Waals surface area contributed by atoms with Crippen LogP contribution in [0.1, 0.15) is 21.1 Å². The topological polar surface area (TPSA) is 46.9 Å². The molecule has 0 aliphatic carbocycles. The summed E-state index contributed by atoms with van der Waals surface area (Å²) in [4.78, 5) is 14.5. The molecule has 0 spiro atoms. The smallest absolute Gasteiger partial charge is 0.248 e. The van der Waals surface area contributed by atoms with Crippen LogP contribution in [0, 0.1) is 20.8 Å². The van der Waals surface area contributed by atoms with Crippen molar-refractivity contribution < 1.29 is 4.79 Å². The van der Waals surface area contributed by atoms with Crippen molar-refractivity contribution >= 4 is 29.0 Å². The van der Waals surface area contributed by atoms with Crippen molar-refractivity contribution in [3.8, 4) is 5.69 Å². The first kappa shape index (κ1) is 16.2. The largest absolute Gasteiger partial charge is 0.319 e. The summed E-state index contributed by atoms with van der Waals surface area (Å²) in [5, 5.41) is 7.48. The number of nitrogens with zero attached hydrogens (tertiary/aromatic N) is 2. The fraction of sp³-hybridized carbons (Fsp3) is 0.158. The van der Waals surface area contributed by atoms with Gasteiger partial charge in [-0.2, -0.15) is 5.10 Å². The summed E-state index contributed by atoms with van der Waals surface area (Å²) >= 11 is 1.66. The van der Waals surface area contributed by atoms with E-state index in [-0.39, 0.29) is 5.91 Å². The van der Waals surface area contributed by atoms with Crippen LogP contribution in [0.3, 0.4) is 0 Å². The number of rotatable bonds is 4. The second-order valence-corrected chi connectivity index (χ2v) is 6.88. The molecule has 1 amide bonds. The van der Waals surface area contributed by atoms with Gasteiger partial charge in [-0.25, -0.2) is 4.68 Å². The second-order valence-electron chi connectivity index (χ2n) is 5.56. The highest BCUT2D eigenvalue weighted by Gasteiger charge is 2.14. The zero-order valence-corrected chi connectivity index (χ0v) is 14.7. The molecular formula is C19H19N3OS. The lowest BCUT2D eigenvalue weighted by Gasteiger charge is -2.05. The SMILES string of the molecule is Cc1ccc(/C=C/C(=O)Nc2c(C)nn(-c3ccccc3)c2C)s1. The van der Waals surface area contributed by atoms with Gasteiger partial charge in [-0.1, -0.05) is 18.2 Å². The number of para-hydroxylation sites is 1. The Labute approximate surface area is 145 Å². The molecule has 0 saturated heterocycles. The van der Waals surface area contributed by atoms with Gasteiger partial charge in [0.2, 0.25) is 5.91 Å². The van der Waals surface area contributed by atoms with Crippen LogP contribution in [0.4, 0.5) is 5.69 Å². The number of aromatic nitrogens is 2. The van der Waals surface area contributed by atoms with Crippen LogP contribution in [0.15, 0.2) is 48.5 Å². The van der Waals surface area contributed by atoms with E-state index < -0.39 is 0 Å². The van der Waals surface area contributed by atoms with E-state index in [0.717, 1.165) is 27.6 Å². The maximum Gasteiger partial charge on any atom is 0.248 e. The van der Waals surface area contributed by atoms with Gasteiger partial charge in [0.15, 0.2) is 0 Å². The van der Waals surface area contributed by atoms with Crippen molar-refractivity contribution in [3.05, 3.63) is 69.7 Å². The summed E-state index contributed by atoms with van der Waals surface area (Å²) in [5.74, 6) is -0.153. The molecule has 0 saturated carbocycles. The lowest BCUT2D eigenvalue weighted by molar-refractivity contribution is -0.111. The maximum atomic E-state index is 12.2. The van der Waals surface area contributed by atoms with Crippen molar-refractivity contribution in [3.63, 3.8) is 0 Å². The Morgan fingerprint density at radius 2 is 1.88 bits per heavy atom. The summed E-state index contributed by atoms with van der Waals surface area (Å²) in [6.45, 7) is 5.90. The number of amides is 1. The molecule has 2 heterocycles. The third kappa shape index (κ3) is 3.46. The number of carbonyl (C=O) groups is 1. The average Bonchev–Trinajstić information content (AvgIpc) is 3.12. The van der Waals surface area contributed by atoms with Gasteiger partial charge in [0, 0.05) is 15.8 Å². The van der Waals surface area contributed by atoms with Crippen LogP contribution in [0.2, 0.25) is 0 Å². The lowest BCUT2D eigenvalue weighted by Crippen LogP contribution is -2.09. The number of nitrogens with one attached hydrogen (secondary N) is 1. The average molecular weight is 337 g/mol. The van der Waals surface area contributed by atoms with Crippen molar-refractivity contribution in [1.82, 2.24) is 9.78 Å². The molecular weight excluding hydrogens is 318 g/mol. The quantitative estimate of drug-likeness (QED) is 0.712. The van der Waals surface area contributed by atoms with Gasteiger partial charge in [0.05, 0.1) is 22.8 Å². The first-order valence-corrected chi connectivity index (χ1v) is 8.53. The molecule has 0 aliphatic rings. The first-order chi connectivity index (χ1) is 11.5. The van der Waals surface area contributed by atoms with Crippen molar-refractivity contribution in [2.24, 2.45) is 0 Å². The zero-order chi connectivity index (χ0) is 17.1. The van der Waals surface area contributed by atoms with E-state index in [1.54, 1.807) is 17.4 Å². The van der Waals surface area contributed by atoms with Crippen LogP contribution in [0.5, 0.6) is 0 Å². The second kappa shape index (κ2) is 6.84. The minimum Gasteiger partial charge on any atom is -0.319 e. The molecule has 0 radical (unpaired) electrons. The van der Waals surface area contributed by atoms with E-state index in [2.05, 4.69) is 10.4 Å². The van der Waals surface area contributed by atoms with Crippen LogP contribution in [0.25, 0.3) is 11.8 Å². The molecule has 2 aromatic heterocycles. The predicted molar refractivity (Wildman–Crippen MR) is 99.8 cm³/mol. The molecule has 4 nitrogen and oxygen atoms in total. The number of carbonyl (C=O) groups excluding carboxylic acids is 1. The molecule has 5 heteroatoms. The number of benzene rings is 1. The minimum absolute atomic E-state index is 0.153. The van der Waals surface area contributed by atoms with Crippen LogP contribution in [-0.2, 0) is 4.79 Å². The summed E-state index contributed by atoms with van der Waals surface area (Å²) < 4.78 is 1.84. The highest BCUT2D eigenvalue weighted by atomic mass is 32.1. The normalized spacial score (nSPS) is 11.1. The Hall–Kier alpha value is -2.66. The standard InChI is InChI=1S/C19H19N3OS/c1-13-9-10-17(24-13)11-12-18(23)20-19-14(2)21-22(15(19)3)16-7-5-4-6-8-16/h4-12H,1-3H3,(H,20,23)/b12-11+. The summed E-state index contributed by atoms with van der Waals surface area (Å²) in [6.07, 6.45) is 3.39. The van der Waals surface area contributed by atoms with E-state index in [9.17, 15) is 4.79 Å². The van der Waals surface area contributed by atoms with Crippen molar-refractivity contribution in [1.29, 1.82) is 0 Å². The summed E-state index contributed by atoms with van der Waals surface area (Å²) in [7, 11) is 0. The Morgan fingerprint density at radius 1 is 1.12 bits per heavy atom. The minimum atomic E-state index is -0.153. The predicted octanol–water partition coefficient (Wildman–Crippen LogP) is 4.51. The van der Waals surface area contributed by atoms with E-state index in [0.29, 0.717) is 0 Å². The van der Waals surface area contributed by atoms with E-state index in [1.807, 2.05) is 74.0 Å². The number of anilines is 1. The number of aryl methyl sites for hydroxylation is 2. The highest BCUT2D eigenvalue weighted by Crippen LogP contribution is 2.23. The maximum absolute atomic E-state index is 12.2.